The quantitative estimate of drug-likeness (QED) is 0.431. The minimum atomic E-state index is -0.261. The maximum absolute atomic E-state index is 13.1. The number of nitrogens with two attached hydrogens (primary N) is 1. The van der Waals surface area contributed by atoms with Crippen LogP contribution in [0.5, 0.6) is 0 Å². The van der Waals surface area contributed by atoms with Crippen LogP contribution in [0, 0.1) is 0 Å². The first-order valence-corrected chi connectivity index (χ1v) is 8.97. The average molecular weight is 428 g/mol. The summed E-state index contributed by atoms with van der Waals surface area (Å²) in [5, 5.41) is 3.74. The Kier molecular flexibility index (Phi) is 4.05. The number of anilines is 3. The van der Waals surface area contributed by atoms with E-state index in [-0.39, 0.29) is 28.4 Å². The van der Waals surface area contributed by atoms with Crippen LogP contribution >= 0.6 is 27.5 Å². The first-order chi connectivity index (χ1) is 12.5. The maximum atomic E-state index is 13.1. The van der Waals surface area contributed by atoms with Crippen molar-refractivity contribution in [1.29, 1.82) is 0 Å². The second-order valence-electron chi connectivity index (χ2n) is 5.91. The Hall–Kier alpha value is -2.63. The van der Waals surface area contributed by atoms with Gasteiger partial charge in [-0.2, -0.15) is 0 Å². The van der Waals surface area contributed by atoms with Gasteiger partial charge in [-0.15, -0.1) is 0 Å². The van der Waals surface area contributed by atoms with E-state index in [1.54, 1.807) is 48.5 Å². The third kappa shape index (κ3) is 2.60. The summed E-state index contributed by atoms with van der Waals surface area (Å²) >= 11 is 9.43. The normalized spacial score (nSPS) is 12.5. The molecule has 6 heteroatoms. The third-order valence-corrected chi connectivity index (χ3v) is 5.18. The second-order valence-corrected chi connectivity index (χ2v) is 7.20. The summed E-state index contributed by atoms with van der Waals surface area (Å²) in [5.74, 6) is -0.498. The van der Waals surface area contributed by atoms with Crippen molar-refractivity contribution in [1.82, 2.24) is 0 Å². The number of ketones is 2. The van der Waals surface area contributed by atoms with Crippen molar-refractivity contribution in [3.8, 4) is 0 Å². The number of rotatable bonds is 2. The Labute approximate surface area is 163 Å². The summed E-state index contributed by atoms with van der Waals surface area (Å²) in [4.78, 5) is 26.1. The first-order valence-electron chi connectivity index (χ1n) is 7.80. The first kappa shape index (κ1) is 16.8. The van der Waals surface area contributed by atoms with Gasteiger partial charge in [0.25, 0.3) is 0 Å². The van der Waals surface area contributed by atoms with E-state index >= 15 is 0 Å². The highest BCUT2D eigenvalue weighted by molar-refractivity contribution is 9.10. The predicted molar refractivity (Wildman–Crippen MR) is 107 cm³/mol. The van der Waals surface area contributed by atoms with Gasteiger partial charge in [-0.1, -0.05) is 41.9 Å². The van der Waals surface area contributed by atoms with Crippen molar-refractivity contribution in [3.63, 3.8) is 0 Å². The lowest BCUT2D eigenvalue weighted by Gasteiger charge is -2.23. The minimum Gasteiger partial charge on any atom is -0.397 e. The Morgan fingerprint density at radius 1 is 0.885 bits per heavy atom. The molecule has 1 aliphatic carbocycles. The molecule has 4 rings (SSSR count). The number of carbonyl (C=O) groups excluding carboxylic acids is 2. The van der Waals surface area contributed by atoms with Crippen LogP contribution in [0.4, 0.5) is 17.1 Å². The average Bonchev–Trinajstić information content (AvgIpc) is 2.62. The lowest BCUT2D eigenvalue weighted by atomic mass is 9.82. The van der Waals surface area contributed by atoms with E-state index in [9.17, 15) is 9.59 Å². The Bertz CT molecular complexity index is 1100. The van der Waals surface area contributed by atoms with E-state index in [1.165, 1.54) is 0 Å². The molecule has 128 valence electrons. The SMILES string of the molecule is Nc1c(Br)cc(Nc2cccc(Cl)c2)c2c1C(=O)c1ccccc1C2=O. The summed E-state index contributed by atoms with van der Waals surface area (Å²) < 4.78 is 0.543. The molecule has 0 atom stereocenters. The number of halogens is 2. The third-order valence-electron chi connectivity index (χ3n) is 4.29. The van der Waals surface area contributed by atoms with Crippen molar-refractivity contribution in [2.75, 3.05) is 11.1 Å². The number of benzene rings is 3. The van der Waals surface area contributed by atoms with Crippen molar-refractivity contribution in [2.45, 2.75) is 0 Å². The molecule has 0 amide bonds. The standard InChI is InChI=1S/C20H12BrClN2O2/c21-14-9-15(24-11-5-3-4-10(22)8-11)16-17(18(14)23)20(26)13-7-2-1-6-12(13)19(16)25/h1-9,24H,23H2. The van der Waals surface area contributed by atoms with Crippen molar-refractivity contribution >= 4 is 56.2 Å². The van der Waals surface area contributed by atoms with Crippen LogP contribution in [-0.4, -0.2) is 11.6 Å². The van der Waals surface area contributed by atoms with Crippen molar-refractivity contribution in [2.24, 2.45) is 0 Å². The highest BCUT2D eigenvalue weighted by Gasteiger charge is 2.34. The van der Waals surface area contributed by atoms with E-state index in [2.05, 4.69) is 21.2 Å². The van der Waals surface area contributed by atoms with Gasteiger partial charge in [-0.05, 0) is 40.2 Å². The lowest BCUT2D eigenvalue weighted by molar-refractivity contribution is 0.0980. The van der Waals surface area contributed by atoms with Gasteiger partial charge in [0, 0.05) is 26.3 Å². The molecular formula is C20H12BrClN2O2. The van der Waals surface area contributed by atoms with E-state index < -0.39 is 0 Å². The van der Waals surface area contributed by atoms with Crippen LogP contribution < -0.4 is 11.1 Å². The zero-order chi connectivity index (χ0) is 18.4. The molecule has 1 aliphatic rings. The molecule has 26 heavy (non-hydrogen) atoms. The number of fused-ring (bicyclic) bond motifs is 2. The van der Waals surface area contributed by atoms with Gasteiger partial charge in [-0.3, -0.25) is 9.59 Å². The van der Waals surface area contributed by atoms with Gasteiger partial charge in [0.2, 0.25) is 0 Å². The molecule has 0 bridgehead atoms. The molecule has 0 saturated carbocycles. The summed E-state index contributed by atoms with van der Waals surface area (Å²) in [6, 6.07) is 15.6. The van der Waals surface area contributed by atoms with Crippen LogP contribution in [0.25, 0.3) is 0 Å². The fraction of sp³-hybridized carbons (Fsp3) is 0. The summed E-state index contributed by atoms with van der Waals surface area (Å²) in [6.45, 7) is 0. The second kappa shape index (κ2) is 6.27. The molecular weight excluding hydrogens is 416 g/mol. The topological polar surface area (TPSA) is 72.2 Å². The summed E-state index contributed by atoms with van der Waals surface area (Å²) in [7, 11) is 0. The molecule has 0 saturated heterocycles. The molecule has 0 aromatic heterocycles. The number of hydrogen-bond donors (Lipinski definition) is 2. The van der Waals surface area contributed by atoms with Gasteiger partial charge in [-0.25, -0.2) is 0 Å². The monoisotopic (exact) mass is 426 g/mol. The molecule has 4 nitrogen and oxygen atoms in total. The molecule has 0 spiro atoms. The number of hydrogen-bond acceptors (Lipinski definition) is 4. The molecule has 3 aromatic rings. The Morgan fingerprint density at radius 2 is 1.54 bits per heavy atom. The van der Waals surface area contributed by atoms with Crippen molar-refractivity contribution in [3.05, 3.63) is 86.3 Å². The molecule has 0 heterocycles. The molecule has 3 aromatic carbocycles. The van der Waals surface area contributed by atoms with Crippen LogP contribution in [0.1, 0.15) is 31.8 Å². The largest absolute Gasteiger partial charge is 0.397 e. The van der Waals surface area contributed by atoms with Crippen LogP contribution in [0.15, 0.2) is 59.1 Å². The summed E-state index contributed by atoms with van der Waals surface area (Å²) in [6.07, 6.45) is 0. The molecule has 0 unspecified atom stereocenters. The van der Waals surface area contributed by atoms with Crippen LogP contribution in [0.3, 0.4) is 0 Å². The molecule has 0 fully saturated rings. The smallest absolute Gasteiger partial charge is 0.196 e. The number of nitrogen functional groups attached to an aromatic ring is 1. The van der Waals surface area contributed by atoms with E-state index in [4.69, 9.17) is 17.3 Å². The predicted octanol–water partition coefficient (Wildman–Crippen LogP) is 5.20. The van der Waals surface area contributed by atoms with Crippen LogP contribution in [-0.2, 0) is 0 Å². The fourth-order valence-electron chi connectivity index (χ4n) is 3.11. The highest BCUT2D eigenvalue weighted by atomic mass is 79.9. The van der Waals surface area contributed by atoms with E-state index in [0.717, 1.165) is 0 Å². The van der Waals surface area contributed by atoms with Crippen molar-refractivity contribution < 1.29 is 9.59 Å². The summed E-state index contributed by atoms with van der Waals surface area (Å²) in [5.41, 5.74) is 8.81. The number of nitrogens with one attached hydrogen (secondary N) is 1. The maximum Gasteiger partial charge on any atom is 0.196 e. The Morgan fingerprint density at radius 3 is 2.19 bits per heavy atom. The van der Waals surface area contributed by atoms with E-state index in [0.29, 0.717) is 32.0 Å². The molecule has 0 radical (unpaired) electrons. The highest BCUT2D eigenvalue weighted by Crippen LogP contribution is 2.40. The lowest BCUT2D eigenvalue weighted by Crippen LogP contribution is -2.23. The molecule has 0 aliphatic heterocycles. The minimum absolute atomic E-state index is 0.215. The van der Waals surface area contributed by atoms with Gasteiger partial charge >= 0.3 is 0 Å². The van der Waals surface area contributed by atoms with Gasteiger partial charge in [0.15, 0.2) is 11.6 Å². The van der Waals surface area contributed by atoms with Gasteiger partial charge in [0.1, 0.15) is 0 Å². The number of carbonyl (C=O) groups is 2. The van der Waals surface area contributed by atoms with E-state index in [1.807, 2.05) is 6.07 Å². The van der Waals surface area contributed by atoms with Gasteiger partial charge < -0.3 is 11.1 Å². The van der Waals surface area contributed by atoms with Gasteiger partial charge in [0.05, 0.1) is 22.5 Å². The Balaban J connectivity index is 1.94. The molecule has 3 N–H and O–H groups in total. The van der Waals surface area contributed by atoms with Crippen LogP contribution in [0.2, 0.25) is 5.02 Å². The fourth-order valence-corrected chi connectivity index (χ4v) is 3.72. The zero-order valence-corrected chi connectivity index (χ0v) is 15.7. The zero-order valence-electron chi connectivity index (χ0n) is 13.3.